The number of carbonyl (C=O) groups excluding carboxylic acids is 1. The molecule has 8 heteroatoms. The van der Waals surface area contributed by atoms with Gasteiger partial charge in [0, 0.05) is 31.2 Å². The quantitative estimate of drug-likeness (QED) is 0.781. The Bertz CT molecular complexity index is 983. The number of sulfone groups is 1. The largest absolute Gasteiger partial charge is 0.377 e. The Labute approximate surface area is 146 Å². The molecule has 25 heavy (non-hydrogen) atoms. The first-order chi connectivity index (χ1) is 11.6. The van der Waals surface area contributed by atoms with Crippen molar-refractivity contribution in [1.82, 2.24) is 9.78 Å². The van der Waals surface area contributed by atoms with Crippen LogP contribution in [0.15, 0.2) is 21.8 Å². The van der Waals surface area contributed by atoms with Crippen molar-refractivity contribution in [2.75, 3.05) is 12.9 Å². The summed E-state index contributed by atoms with van der Waals surface area (Å²) in [5.41, 5.74) is 1.35. The maximum Gasteiger partial charge on any atom is 0.277 e. The van der Waals surface area contributed by atoms with Gasteiger partial charge in [0.05, 0.1) is 11.5 Å². The van der Waals surface area contributed by atoms with Crippen LogP contribution in [0, 0.1) is 13.8 Å². The standard InChI is InChI=1S/C17H22N2O5S/c1-6-24-9-13-10(2)12(7-8-14(13)25(5,22)23)16(20)15-11(3)18-19(4)17(15)21/h7-8,18H,6,9H2,1-5H3. The molecule has 0 atom stereocenters. The molecule has 2 aromatic rings. The number of nitrogens with zero attached hydrogens (tertiary/aromatic N) is 1. The highest BCUT2D eigenvalue weighted by Gasteiger charge is 2.24. The van der Waals surface area contributed by atoms with E-state index in [4.69, 9.17) is 4.74 Å². The van der Waals surface area contributed by atoms with Crippen molar-refractivity contribution in [3.05, 3.63) is 50.4 Å². The van der Waals surface area contributed by atoms with Gasteiger partial charge in [-0.2, -0.15) is 0 Å². The molecule has 0 aliphatic heterocycles. The molecule has 2 rings (SSSR count). The van der Waals surface area contributed by atoms with Gasteiger partial charge in [-0.05, 0) is 44.0 Å². The number of ketones is 1. The summed E-state index contributed by atoms with van der Waals surface area (Å²) in [7, 11) is -1.94. The summed E-state index contributed by atoms with van der Waals surface area (Å²) in [6, 6.07) is 2.85. The second kappa shape index (κ2) is 6.97. The van der Waals surface area contributed by atoms with Crippen LogP contribution in [0.4, 0.5) is 0 Å². The number of aromatic amines is 1. The summed E-state index contributed by atoms with van der Waals surface area (Å²) < 4.78 is 30.7. The van der Waals surface area contributed by atoms with E-state index < -0.39 is 21.2 Å². The van der Waals surface area contributed by atoms with Crippen LogP contribution in [0.3, 0.4) is 0 Å². The highest BCUT2D eigenvalue weighted by atomic mass is 32.2. The molecule has 1 N–H and O–H groups in total. The summed E-state index contributed by atoms with van der Waals surface area (Å²) in [6.45, 7) is 5.62. The normalized spacial score (nSPS) is 11.7. The maximum atomic E-state index is 12.9. The molecule has 0 fully saturated rings. The minimum absolute atomic E-state index is 0.0556. The van der Waals surface area contributed by atoms with Gasteiger partial charge in [-0.3, -0.25) is 19.4 Å². The fourth-order valence-electron chi connectivity index (χ4n) is 2.80. The summed E-state index contributed by atoms with van der Waals surface area (Å²) in [6.07, 6.45) is 1.12. The van der Waals surface area contributed by atoms with Gasteiger partial charge in [0.1, 0.15) is 5.56 Å². The fourth-order valence-corrected chi connectivity index (χ4v) is 3.77. The van der Waals surface area contributed by atoms with Crippen LogP contribution in [0.1, 0.15) is 39.7 Å². The lowest BCUT2D eigenvalue weighted by molar-refractivity contribution is 0.103. The van der Waals surface area contributed by atoms with Crippen LogP contribution in [0.25, 0.3) is 0 Å². The van der Waals surface area contributed by atoms with Crippen molar-refractivity contribution in [1.29, 1.82) is 0 Å². The smallest absolute Gasteiger partial charge is 0.277 e. The maximum absolute atomic E-state index is 12.9. The van der Waals surface area contributed by atoms with Gasteiger partial charge in [0.15, 0.2) is 9.84 Å². The number of hydrogen-bond acceptors (Lipinski definition) is 5. The first-order valence-electron chi connectivity index (χ1n) is 7.80. The molecule has 0 aliphatic rings. The Morgan fingerprint density at radius 1 is 1.28 bits per heavy atom. The van der Waals surface area contributed by atoms with E-state index in [0.29, 0.717) is 29.0 Å². The lowest BCUT2D eigenvalue weighted by atomic mass is 9.96. The number of rotatable bonds is 6. The zero-order valence-corrected chi connectivity index (χ0v) is 15.8. The number of ether oxygens (including phenoxy) is 1. The SMILES string of the molecule is CCOCc1c(S(C)(=O)=O)ccc(C(=O)c2c(C)[nH]n(C)c2=O)c1C. The van der Waals surface area contributed by atoms with Crippen molar-refractivity contribution in [2.24, 2.45) is 7.05 Å². The molecule has 0 bridgehead atoms. The Morgan fingerprint density at radius 2 is 1.92 bits per heavy atom. The Morgan fingerprint density at radius 3 is 2.40 bits per heavy atom. The third kappa shape index (κ3) is 3.59. The van der Waals surface area contributed by atoms with E-state index in [1.54, 1.807) is 20.8 Å². The molecule has 1 aromatic heterocycles. The van der Waals surface area contributed by atoms with Gasteiger partial charge in [-0.1, -0.05) is 0 Å². The fraction of sp³-hybridized carbons (Fsp3) is 0.412. The molecule has 0 saturated carbocycles. The second-order valence-electron chi connectivity index (χ2n) is 5.93. The van der Waals surface area contributed by atoms with Crippen molar-refractivity contribution in [2.45, 2.75) is 32.3 Å². The van der Waals surface area contributed by atoms with Crippen LogP contribution in [0.5, 0.6) is 0 Å². The average Bonchev–Trinajstić information content (AvgIpc) is 2.77. The number of aromatic nitrogens is 2. The van der Waals surface area contributed by atoms with Crippen molar-refractivity contribution in [3.8, 4) is 0 Å². The van der Waals surface area contributed by atoms with Gasteiger partial charge in [0.25, 0.3) is 5.56 Å². The molecule has 0 radical (unpaired) electrons. The van der Waals surface area contributed by atoms with Gasteiger partial charge in [0.2, 0.25) is 5.78 Å². The highest BCUT2D eigenvalue weighted by Crippen LogP contribution is 2.25. The van der Waals surface area contributed by atoms with Crippen molar-refractivity contribution in [3.63, 3.8) is 0 Å². The third-order valence-electron chi connectivity index (χ3n) is 4.11. The predicted molar refractivity (Wildman–Crippen MR) is 93.8 cm³/mol. The Balaban J connectivity index is 2.67. The first-order valence-corrected chi connectivity index (χ1v) is 9.69. The molecule has 0 spiro atoms. The molecule has 1 aromatic carbocycles. The van der Waals surface area contributed by atoms with Crippen LogP contribution in [-0.2, 0) is 28.2 Å². The summed E-state index contributed by atoms with van der Waals surface area (Å²) in [5.74, 6) is -0.436. The van der Waals surface area contributed by atoms with Gasteiger partial charge in [-0.15, -0.1) is 0 Å². The van der Waals surface area contributed by atoms with Gasteiger partial charge in [-0.25, -0.2) is 8.42 Å². The minimum Gasteiger partial charge on any atom is -0.377 e. The van der Waals surface area contributed by atoms with Gasteiger partial charge < -0.3 is 4.74 Å². The average molecular weight is 366 g/mol. The molecule has 1 heterocycles. The van der Waals surface area contributed by atoms with Crippen LogP contribution >= 0.6 is 0 Å². The van der Waals surface area contributed by atoms with E-state index >= 15 is 0 Å². The first kappa shape index (κ1) is 19.1. The van der Waals surface area contributed by atoms with Crippen LogP contribution in [0.2, 0.25) is 0 Å². The van der Waals surface area contributed by atoms with Crippen molar-refractivity contribution >= 4 is 15.6 Å². The minimum atomic E-state index is -3.47. The third-order valence-corrected chi connectivity index (χ3v) is 5.29. The second-order valence-corrected chi connectivity index (χ2v) is 7.91. The van der Waals surface area contributed by atoms with Crippen molar-refractivity contribution < 1.29 is 17.9 Å². The van der Waals surface area contributed by atoms with E-state index in [9.17, 15) is 18.0 Å². The summed E-state index contributed by atoms with van der Waals surface area (Å²) in [4.78, 5) is 25.2. The molecule has 0 saturated heterocycles. The molecule has 0 unspecified atom stereocenters. The van der Waals surface area contributed by atoms with Crippen LogP contribution in [-0.4, -0.2) is 36.8 Å². The lowest BCUT2D eigenvalue weighted by Crippen LogP contribution is -2.21. The lowest BCUT2D eigenvalue weighted by Gasteiger charge is -2.14. The zero-order chi connectivity index (χ0) is 18.9. The topological polar surface area (TPSA) is 98.2 Å². The number of hydrogen-bond donors (Lipinski definition) is 1. The molecular formula is C17H22N2O5S. The Hall–Kier alpha value is -2.19. The number of nitrogens with one attached hydrogen (secondary N) is 1. The molecule has 0 aliphatic carbocycles. The molecule has 7 nitrogen and oxygen atoms in total. The number of H-pyrrole nitrogens is 1. The van der Waals surface area contributed by atoms with E-state index in [0.717, 1.165) is 6.26 Å². The number of carbonyl (C=O) groups is 1. The van der Waals surface area contributed by atoms with E-state index in [2.05, 4.69) is 5.10 Å². The van der Waals surface area contributed by atoms with E-state index in [1.165, 1.54) is 23.9 Å². The van der Waals surface area contributed by atoms with Crippen LogP contribution < -0.4 is 5.56 Å². The molecule has 136 valence electrons. The van der Waals surface area contributed by atoms with E-state index in [1.807, 2.05) is 0 Å². The van der Waals surface area contributed by atoms with Gasteiger partial charge >= 0.3 is 0 Å². The monoisotopic (exact) mass is 366 g/mol. The number of aryl methyl sites for hydroxylation is 2. The summed E-state index contributed by atoms with van der Waals surface area (Å²) in [5, 5.41) is 2.79. The Kier molecular flexibility index (Phi) is 5.34. The molecular weight excluding hydrogens is 344 g/mol. The zero-order valence-electron chi connectivity index (χ0n) is 15.0. The molecule has 0 amide bonds. The predicted octanol–water partition coefficient (Wildman–Crippen LogP) is 1.50. The highest BCUT2D eigenvalue weighted by molar-refractivity contribution is 7.90. The number of benzene rings is 1. The summed E-state index contributed by atoms with van der Waals surface area (Å²) >= 11 is 0. The van der Waals surface area contributed by atoms with E-state index in [-0.39, 0.29) is 17.1 Å².